The van der Waals surface area contributed by atoms with Crippen LogP contribution < -0.4 is 0 Å². The minimum atomic E-state index is 0.518. The molecule has 0 bridgehead atoms. The Morgan fingerprint density at radius 1 is 1.00 bits per heavy atom. The smallest absolute Gasteiger partial charge is 0.293 e. The van der Waals surface area contributed by atoms with E-state index in [0.717, 1.165) is 12.8 Å². The third-order valence-corrected chi connectivity index (χ3v) is 1.99. The molecule has 0 aliphatic heterocycles. The Labute approximate surface area is 81.0 Å². The van der Waals surface area contributed by atoms with E-state index in [1.165, 1.54) is 32.1 Å². The SMILES string of the molecule is C=CCCCCCCCCOC=O. The molecular weight excluding hydrogens is 164 g/mol. The monoisotopic (exact) mass is 184 g/mol. The van der Waals surface area contributed by atoms with Crippen LogP contribution in [0.2, 0.25) is 0 Å². The predicted octanol–water partition coefficient (Wildman–Crippen LogP) is 3.08. The minimum Gasteiger partial charge on any atom is -0.468 e. The summed E-state index contributed by atoms with van der Waals surface area (Å²) in [7, 11) is 0. The maximum atomic E-state index is 9.78. The second-order valence-electron chi connectivity index (χ2n) is 3.17. The van der Waals surface area contributed by atoms with Crippen molar-refractivity contribution in [1.82, 2.24) is 0 Å². The van der Waals surface area contributed by atoms with Gasteiger partial charge < -0.3 is 4.74 Å². The first-order chi connectivity index (χ1) is 6.41. The van der Waals surface area contributed by atoms with Crippen LogP contribution in [0.5, 0.6) is 0 Å². The molecule has 0 unspecified atom stereocenters. The van der Waals surface area contributed by atoms with Crippen molar-refractivity contribution < 1.29 is 9.53 Å². The number of unbranched alkanes of at least 4 members (excludes halogenated alkanes) is 6. The average molecular weight is 184 g/mol. The van der Waals surface area contributed by atoms with Crippen molar-refractivity contribution in [3.8, 4) is 0 Å². The lowest BCUT2D eigenvalue weighted by Gasteiger charge is -1.99. The van der Waals surface area contributed by atoms with Gasteiger partial charge in [0.05, 0.1) is 6.61 Å². The zero-order valence-corrected chi connectivity index (χ0v) is 8.34. The summed E-state index contributed by atoms with van der Waals surface area (Å²) in [5.74, 6) is 0. The Morgan fingerprint density at radius 3 is 2.23 bits per heavy atom. The van der Waals surface area contributed by atoms with Crippen molar-refractivity contribution in [3.05, 3.63) is 12.7 Å². The van der Waals surface area contributed by atoms with Crippen LogP contribution in [-0.2, 0) is 9.53 Å². The highest BCUT2D eigenvalue weighted by molar-refractivity contribution is 5.36. The lowest BCUT2D eigenvalue weighted by atomic mass is 10.1. The van der Waals surface area contributed by atoms with Gasteiger partial charge in [0.15, 0.2) is 0 Å². The standard InChI is InChI=1S/C11H20O2/c1-2-3-4-5-6-7-8-9-10-13-11-12/h2,11H,1,3-10H2. The third kappa shape index (κ3) is 11.2. The molecule has 0 N–H and O–H groups in total. The molecule has 0 aliphatic rings. The van der Waals surface area contributed by atoms with Crippen molar-refractivity contribution in [2.75, 3.05) is 6.61 Å². The first-order valence-electron chi connectivity index (χ1n) is 5.08. The normalized spacial score (nSPS) is 9.54. The van der Waals surface area contributed by atoms with Crippen LogP contribution in [0.4, 0.5) is 0 Å². The van der Waals surface area contributed by atoms with Crippen LogP contribution in [0, 0.1) is 0 Å². The van der Waals surface area contributed by atoms with Gasteiger partial charge in [-0.3, -0.25) is 4.79 Å². The molecule has 0 heterocycles. The molecule has 2 heteroatoms. The lowest BCUT2D eigenvalue weighted by Crippen LogP contribution is -1.91. The molecule has 0 aliphatic carbocycles. The minimum absolute atomic E-state index is 0.518. The molecule has 0 spiro atoms. The summed E-state index contributed by atoms with van der Waals surface area (Å²) in [4.78, 5) is 9.78. The van der Waals surface area contributed by atoms with E-state index in [1.807, 2.05) is 6.08 Å². The van der Waals surface area contributed by atoms with Gasteiger partial charge in [0.25, 0.3) is 6.47 Å². The molecule has 0 saturated carbocycles. The molecule has 0 rings (SSSR count). The summed E-state index contributed by atoms with van der Waals surface area (Å²) in [6, 6.07) is 0. The molecule has 0 aromatic carbocycles. The van der Waals surface area contributed by atoms with Crippen molar-refractivity contribution >= 4 is 6.47 Å². The highest BCUT2D eigenvalue weighted by Gasteiger charge is 1.90. The largest absolute Gasteiger partial charge is 0.468 e. The highest BCUT2D eigenvalue weighted by atomic mass is 16.5. The first kappa shape index (κ1) is 12.2. The van der Waals surface area contributed by atoms with Gasteiger partial charge in [0.1, 0.15) is 0 Å². The van der Waals surface area contributed by atoms with Gasteiger partial charge in [-0.25, -0.2) is 0 Å². The fourth-order valence-corrected chi connectivity index (χ4v) is 1.23. The van der Waals surface area contributed by atoms with E-state index < -0.39 is 0 Å². The summed E-state index contributed by atoms with van der Waals surface area (Å²) in [5.41, 5.74) is 0. The summed E-state index contributed by atoms with van der Waals surface area (Å²) in [6.07, 6.45) is 10.4. The van der Waals surface area contributed by atoms with E-state index in [0.29, 0.717) is 13.1 Å². The molecule has 0 amide bonds. The lowest BCUT2D eigenvalue weighted by molar-refractivity contribution is -0.128. The zero-order valence-electron chi connectivity index (χ0n) is 8.34. The quantitative estimate of drug-likeness (QED) is 0.296. The topological polar surface area (TPSA) is 26.3 Å². The van der Waals surface area contributed by atoms with Crippen molar-refractivity contribution in [3.63, 3.8) is 0 Å². The molecule has 0 radical (unpaired) electrons. The summed E-state index contributed by atoms with van der Waals surface area (Å²) in [6.45, 7) is 4.78. The Morgan fingerprint density at radius 2 is 1.62 bits per heavy atom. The number of hydrogen-bond acceptors (Lipinski definition) is 2. The van der Waals surface area contributed by atoms with E-state index in [1.54, 1.807) is 0 Å². The van der Waals surface area contributed by atoms with E-state index in [-0.39, 0.29) is 0 Å². The van der Waals surface area contributed by atoms with Gasteiger partial charge >= 0.3 is 0 Å². The molecule has 13 heavy (non-hydrogen) atoms. The zero-order chi connectivity index (χ0) is 9.78. The number of rotatable bonds is 10. The van der Waals surface area contributed by atoms with E-state index in [9.17, 15) is 4.79 Å². The number of hydrogen-bond donors (Lipinski definition) is 0. The van der Waals surface area contributed by atoms with Gasteiger partial charge in [0.2, 0.25) is 0 Å². The van der Waals surface area contributed by atoms with Crippen LogP contribution in [0.25, 0.3) is 0 Å². The van der Waals surface area contributed by atoms with Crippen LogP contribution in [0.15, 0.2) is 12.7 Å². The fraction of sp³-hybridized carbons (Fsp3) is 0.727. The van der Waals surface area contributed by atoms with Crippen molar-refractivity contribution in [2.45, 2.75) is 44.9 Å². The van der Waals surface area contributed by atoms with E-state index in [2.05, 4.69) is 11.3 Å². The van der Waals surface area contributed by atoms with Crippen molar-refractivity contribution in [2.24, 2.45) is 0 Å². The first-order valence-corrected chi connectivity index (χ1v) is 5.08. The third-order valence-electron chi connectivity index (χ3n) is 1.99. The molecule has 0 atom stereocenters. The van der Waals surface area contributed by atoms with Crippen LogP contribution in [0.3, 0.4) is 0 Å². The number of carbonyl (C=O) groups excluding carboxylic acids is 1. The van der Waals surface area contributed by atoms with E-state index >= 15 is 0 Å². The van der Waals surface area contributed by atoms with Crippen LogP contribution in [0.1, 0.15) is 44.9 Å². The van der Waals surface area contributed by atoms with Gasteiger partial charge in [-0.1, -0.05) is 31.8 Å². The maximum absolute atomic E-state index is 9.78. The Kier molecular flexibility index (Phi) is 10.5. The van der Waals surface area contributed by atoms with Gasteiger partial charge in [0, 0.05) is 0 Å². The molecular formula is C11H20O2. The number of allylic oxidation sites excluding steroid dienone is 1. The van der Waals surface area contributed by atoms with Crippen LogP contribution >= 0.6 is 0 Å². The predicted molar refractivity (Wildman–Crippen MR) is 54.5 cm³/mol. The Hall–Kier alpha value is -0.790. The molecule has 0 aromatic heterocycles. The Bertz CT molecular complexity index is 107. The second kappa shape index (κ2) is 11.2. The second-order valence-corrected chi connectivity index (χ2v) is 3.17. The Balaban J connectivity index is 2.83. The van der Waals surface area contributed by atoms with Gasteiger partial charge in [-0.2, -0.15) is 0 Å². The molecule has 0 aromatic rings. The highest BCUT2D eigenvalue weighted by Crippen LogP contribution is 2.07. The fourth-order valence-electron chi connectivity index (χ4n) is 1.23. The molecule has 2 nitrogen and oxygen atoms in total. The number of ether oxygens (including phenoxy) is 1. The molecule has 0 saturated heterocycles. The maximum Gasteiger partial charge on any atom is 0.293 e. The molecule has 76 valence electrons. The number of carbonyl (C=O) groups is 1. The summed E-state index contributed by atoms with van der Waals surface area (Å²) in [5, 5.41) is 0. The van der Waals surface area contributed by atoms with Crippen molar-refractivity contribution in [1.29, 1.82) is 0 Å². The summed E-state index contributed by atoms with van der Waals surface area (Å²) >= 11 is 0. The van der Waals surface area contributed by atoms with Crippen LogP contribution in [-0.4, -0.2) is 13.1 Å². The van der Waals surface area contributed by atoms with Gasteiger partial charge in [-0.15, -0.1) is 6.58 Å². The summed E-state index contributed by atoms with van der Waals surface area (Å²) < 4.78 is 4.58. The van der Waals surface area contributed by atoms with E-state index in [4.69, 9.17) is 0 Å². The average Bonchev–Trinajstić information content (AvgIpc) is 2.16. The van der Waals surface area contributed by atoms with Gasteiger partial charge in [-0.05, 0) is 19.3 Å². The molecule has 0 fully saturated rings.